The molecular formula is C6H2Cl3KO3S-. The number of hydrogen-bond acceptors (Lipinski definition) is 3. The molecule has 1 rings (SSSR count). The van der Waals surface area contributed by atoms with Crippen molar-refractivity contribution < 1.29 is 13.0 Å². The van der Waals surface area contributed by atoms with Gasteiger partial charge in [-0.3, -0.25) is 0 Å². The van der Waals surface area contributed by atoms with Crippen LogP contribution in [0.25, 0.3) is 0 Å². The van der Waals surface area contributed by atoms with Gasteiger partial charge in [-0.15, -0.1) is 0 Å². The summed E-state index contributed by atoms with van der Waals surface area (Å²) in [7, 11) is -4.60. The molecule has 0 saturated heterocycles. The van der Waals surface area contributed by atoms with E-state index in [1.807, 2.05) is 0 Å². The second-order valence-electron chi connectivity index (χ2n) is 2.15. The Kier molecular flexibility index (Phi) is 6.49. The Bertz CT molecular complexity index is 446. The minimum absolute atomic E-state index is 0. The standard InChI is InChI=1S/C6H3Cl3O3S.K/c7-3-1-5(9)6(2-4(3)8)13(10,11)12;/h1-2H,(H,10,11,12);/p-1. The first-order valence-corrected chi connectivity index (χ1v) is 5.47. The van der Waals surface area contributed by atoms with Crippen LogP contribution < -0.4 is 0 Å². The summed E-state index contributed by atoms with van der Waals surface area (Å²) in [6, 6.07) is 2.03. The molecule has 73 valence electrons. The quantitative estimate of drug-likeness (QED) is 0.454. The van der Waals surface area contributed by atoms with Gasteiger partial charge in [0.25, 0.3) is 0 Å². The van der Waals surface area contributed by atoms with Crippen LogP contribution in [0.2, 0.25) is 15.1 Å². The van der Waals surface area contributed by atoms with Crippen molar-refractivity contribution >= 4 is 96.3 Å². The zero-order chi connectivity index (χ0) is 10.2. The first-order chi connectivity index (χ1) is 5.82. The van der Waals surface area contributed by atoms with Crippen LogP contribution in [0.4, 0.5) is 0 Å². The summed E-state index contributed by atoms with van der Waals surface area (Å²) in [5, 5.41) is -0.163. The Labute approximate surface area is 139 Å². The van der Waals surface area contributed by atoms with Crippen LogP contribution in [0.15, 0.2) is 17.0 Å². The van der Waals surface area contributed by atoms with Gasteiger partial charge in [0.05, 0.1) is 20.0 Å². The van der Waals surface area contributed by atoms with Crippen LogP contribution >= 0.6 is 34.8 Å². The van der Waals surface area contributed by atoms with Gasteiger partial charge >= 0.3 is 0 Å². The molecule has 0 aliphatic rings. The molecule has 0 fully saturated rings. The molecule has 0 unspecified atom stereocenters. The van der Waals surface area contributed by atoms with Gasteiger partial charge in [0.15, 0.2) is 0 Å². The summed E-state index contributed by atoms with van der Waals surface area (Å²) in [6.45, 7) is 0. The van der Waals surface area contributed by atoms with E-state index < -0.39 is 15.0 Å². The summed E-state index contributed by atoms with van der Waals surface area (Å²) in [5.74, 6) is 0. The third-order valence-electron chi connectivity index (χ3n) is 1.24. The van der Waals surface area contributed by atoms with E-state index in [4.69, 9.17) is 34.8 Å². The van der Waals surface area contributed by atoms with Crippen LogP contribution in [-0.2, 0) is 10.1 Å². The van der Waals surface area contributed by atoms with Crippen molar-refractivity contribution in [1.82, 2.24) is 0 Å². The second-order valence-corrected chi connectivity index (χ2v) is 4.72. The van der Waals surface area contributed by atoms with Crippen molar-refractivity contribution in [3.05, 3.63) is 27.2 Å². The molecule has 0 aliphatic carbocycles. The number of rotatable bonds is 1. The number of hydrogen-bond donors (Lipinski definition) is 0. The van der Waals surface area contributed by atoms with E-state index in [2.05, 4.69) is 0 Å². The molecule has 0 heterocycles. The number of benzene rings is 1. The largest absolute Gasteiger partial charge is 0.744 e. The van der Waals surface area contributed by atoms with E-state index in [1.54, 1.807) is 0 Å². The predicted molar refractivity (Wildman–Crippen MR) is 55.2 cm³/mol. The van der Waals surface area contributed by atoms with Gasteiger partial charge < -0.3 is 4.55 Å². The van der Waals surface area contributed by atoms with E-state index in [1.165, 1.54) is 0 Å². The van der Waals surface area contributed by atoms with Crippen LogP contribution in [0.1, 0.15) is 0 Å². The summed E-state index contributed by atoms with van der Waals surface area (Å²) >= 11 is 16.5. The van der Waals surface area contributed by atoms with Crippen molar-refractivity contribution in [3.63, 3.8) is 0 Å². The maximum absolute atomic E-state index is 10.6. The maximum atomic E-state index is 10.6. The zero-order valence-electron chi connectivity index (χ0n) is 6.92. The first kappa shape index (κ1) is 15.6. The molecule has 1 radical (unpaired) electrons. The molecule has 0 aromatic heterocycles. The molecule has 0 spiro atoms. The van der Waals surface area contributed by atoms with E-state index in [0.29, 0.717) is 0 Å². The molecule has 8 heteroatoms. The molecule has 1 aromatic rings. The molecule has 14 heavy (non-hydrogen) atoms. The third kappa shape index (κ3) is 3.90. The maximum Gasteiger partial charge on any atom is 0.125 e. The fourth-order valence-corrected chi connectivity index (χ4v) is 2.15. The monoisotopic (exact) mass is 298 g/mol. The van der Waals surface area contributed by atoms with Crippen LogP contribution in [0.3, 0.4) is 0 Å². The summed E-state index contributed by atoms with van der Waals surface area (Å²) in [4.78, 5) is -0.566. The Morgan fingerprint density at radius 3 is 1.86 bits per heavy atom. The van der Waals surface area contributed by atoms with Crippen LogP contribution in [-0.4, -0.2) is 64.4 Å². The first-order valence-electron chi connectivity index (χ1n) is 2.93. The van der Waals surface area contributed by atoms with Gasteiger partial charge in [-0.2, -0.15) is 0 Å². The van der Waals surface area contributed by atoms with Gasteiger partial charge in [-0.05, 0) is 12.1 Å². The third-order valence-corrected chi connectivity index (χ3v) is 3.27. The summed E-state index contributed by atoms with van der Waals surface area (Å²) < 4.78 is 31.7. The fraction of sp³-hybridized carbons (Fsp3) is 0. The van der Waals surface area contributed by atoms with E-state index >= 15 is 0 Å². The Hall–Kier alpha value is 1.64. The van der Waals surface area contributed by atoms with Gasteiger partial charge in [0.1, 0.15) is 10.1 Å². The second kappa shape index (κ2) is 5.81. The Morgan fingerprint density at radius 2 is 1.43 bits per heavy atom. The SMILES string of the molecule is O=S(=O)([O-])c1cc(Cl)c(Cl)cc1Cl.[K]. The molecule has 0 aliphatic heterocycles. The Morgan fingerprint density at radius 1 is 1.00 bits per heavy atom. The molecule has 0 amide bonds. The zero-order valence-corrected chi connectivity index (χ0v) is 13.1. The molecule has 0 bridgehead atoms. The minimum atomic E-state index is -4.60. The molecular weight excluding hydrogens is 298 g/mol. The molecule has 0 N–H and O–H groups in total. The van der Waals surface area contributed by atoms with Crippen LogP contribution in [0, 0.1) is 0 Å². The smallest absolute Gasteiger partial charge is 0.125 e. The fourth-order valence-electron chi connectivity index (χ4n) is 0.696. The van der Waals surface area contributed by atoms with Crippen molar-refractivity contribution in [2.75, 3.05) is 0 Å². The van der Waals surface area contributed by atoms with Gasteiger partial charge in [0, 0.05) is 51.4 Å². The molecule has 0 atom stereocenters. The number of halogens is 3. The Balaban J connectivity index is 0.00000169. The van der Waals surface area contributed by atoms with Crippen molar-refractivity contribution in [3.8, 4) is 0 Å². The summed E-state index contributed by atoms with van der Waals surface area (Å²) in [6.07, 6.45) is 0. The van der Waals surface area contributed by atoms with Crippen molar-refractivity contribution in [1.29, 1.82) is 0 Å². The molecule has 1 aromatic carbocycles. The van der Waals surface area contributed by atoms with E-state index in [0.717, 1.165) is 12.1 Å². The van der Waals surface area contributed by atoms with Crippen molar-refractivity contribution in [2.24, 2.45) is 0 Å². The van der Waals surface area contributed by atoms with E-state index in [9.17, 15) is 13.0 Å². The normalized spacial score (nSPS) is 10.9. The molecule has 0 saturated carbocycles. The topological polar surface area (TPSA) is 57.2 Å². The van der Waals surface area contributed by atoms with Crippen LogP contribution in [0.5, 0.6) is 0 Å². The van der Waals surface area contributed by atoms with Gasteiger partial charge in [0.2, 0.25) is 0 Å². The predicted octanol–water partition coefficient (Wildman–Crippen LogP) is 2.17. The average molecular weight is 300 g/mol. The van der Waals surface area contributed by atoms with Crippen molar-refractivity contribution in [2.45, 2.75) is 4.90 Å². The molecule has 3 nitrogen and oxygen atoms in total. The van der Waals surface area contributed by atoms with Gasteiger partial charge in [-0.1, -0.05) is 34.8 Å². The average Bonchev–Trinajstić information content (AvgIpc) is 1.94. The summed E-state index contributed by atoms with van der Waals surface area (Å²) in [5.41, 5.74) is 0. The van der Waals surface area contributed by atoms with Gasteiger partial charge in [-0.25, -0.2) is 8.42 Å². The minimum Gasteiger partial charge on any atom is -0.744 e. The van der Waals surface area contributed by atoms with E-state index in [-0.39, 0.29) is 66.5 Å².